The van der Waals surface area contributed by atoms with E-state index < -0.39 is 0 Å². The van der Waals surface area contributed by atoms with Crippen molar-refractivity contribution in [1.82, 2.24) is 5.32 Å². The summed E-state index contributed by atoms with van der Waals surface area (Å²) in [6, 6.07) is 10.7. The molecule has 0 bridgehead atoms. The highest BCUT2D eigenvalue weighted by molar-refractivity contribution is 9.10. The first-order valence-corrected chi connectivity index (χ1v) is 7.88. The first kappa shape index (κ1) is 16.8. The Morgan fingerprint density at radius 3 is 2.64 bits per heavy atom. The van der Waals surface area contributed by atoms with Crippen LogP contribution in [0.1, 0.15) is 18.1 Å². The zero-order valence-electron chi connectivity index (χ0n) is 12.7. The summed E-state index contributed by atoms with van der Waals surface area (Å²) in [4.78, 5) is 0. The number of hydrogen-bond acceptors (Lipinski definition) is 3. The predicted molar refractivity (Wildman–Crippen MR) is 88.8 cm³/mol. The van der Waals surface area contributed by atoms with E-state index in [1.54, 1.807) is 19.2 Å². The molecular formula is C17H19BrFNO2. The fourth-order valence-electron chi connectivity index (χ4n) is 2.17. The molecule has 0 aliphatic heterocycles. The minimum atomic E-state index is -0.194. The average Bonchev–Trinajstić information content (AvgIpc) is 2.49. The molecule has 22 heavy (non-hydrogen) atoms. The van der Waals surface area contributed by atoms with E-state index in [2.05, 4.69) is 21.2 Å². The summed E-state index contributed by atoms with van der Waals surface area (Å²) in [7, 11) is 1.61. The average molecular weight is 368 g/mol. The minimum Gasteiger partial charge on any atom is -0.492 e. The van der Waals surface area contributed by atoms with Crippen molar-refractivity contribution in [1.29, 1.82) is 0 Å². The van der Waals surface area contributed by atoms with Crippen molar-refractivity contribution >= 4 is 15.9 Å². The van der Waals surface area contributed by atoms with Gasteiger partial charge in [0.05, 0.1) is 18.2 Å². The maximum absolute atomic E-state index is 13.6. The summed E-state index contributed by atoms with van der Waals surface area (Å²) in [6.07, 6.45) is 0. The Morgan fingerprint density at radius 1 is 1.18 bits per heavy atom. The fraction of sp³-hybridized carbons (Fsp3) is 0.294. The van der Waals surface area contributed by atoms with Gasteiger partial charge in [0.2, 0.25) is 0 Å². The van der Waals surface area contributed by atoms with Crippen molar-refractivity contribution in [3.8, 4) is 11.5 Å². The van der Waals surface area contributed by atoms with E-state index in [1.807, 2.05) is 25.1 Å². The second-order valence-corrected chi connectivity index (χ2v) is 5.59. The highest BCUT2D eigenvalue weighted by atomic mass is 79.9. The number of nitrogens with one attached hydrogen (secondary N) is 1. The number of benzene rings is 2. The number of rotatable bonds is 7. The van der Waals surface area contributed by atoms with E-state index in [0.29, 0.717) is 36.8 Å². The normalized spacial score (nSPS) is 10.5. The van der Waals surface area contributed by atoms with Gasteiger partial charge in [-0.1, -0.05) is 18.2 Å². The molecule has 0 unspecified atom stereocenters. The van der Waals surface area contributed by atoms with Crippen LogP contribution in [0.5, 0.6) is 11.5 Å². The molecule has 3 nitrogen and oxygen atoms in total. The van der Waals surface area contributed by atoms with Crippen LogP contribution in [0.4, 0.5) is 4.39 Å². The largest absolute Gasteiger partial charge is 0.492 e. The maximum Gasteiger partial charge on any atom is 0.174 e. The van der Waals surface area contributed by atoms with Crippen LogP contribution in [0.15, 0.2) is 40.9 Å². The summed E-state index contributed by atoms with van der Waals surface area (Å²) in [5.41, 5.74) is 1.69. The highest BCUT2D eigenvalue weighted by Gasteiger charge is 2.11. The number of halogens is 2. The van der Waals surface area contributed by atoms with Crippen LogP contribution in [0.3, 0.4) is 0 Å². The monoisotopic (exact) mass is 367 g/mol. The van der Waals surface area contributed by atoms with Gasteiger partial charge in [0.25, 0.3) is 0 Å². The Bertz CT molecular complexity index is 634. The van der Waals surface area contributed by atoms with Crippen LogP contribution < -0.4 is 14.8 Å². The van der Waals surface area contributed by atoms with Crippen LogP contribution in [0, 0.1) is 5.82 Å². The lowest BCUT2D eigenvalue weighted by molar-refractivity contribution is 0.309. The molecule has 0 aliphatic rings. The highest BCUT2D eigenvalue weighted by Crippen LogP contribution is 2.36. The van der Waals surface area contributed by atoms with Gasteiger partial charge in [0, 0.05) is 18.7 Å². The molecule has 0 heterocycles. The second-order valence-electron chi connectivity index (χ2n) is 4.74. The molecule has 0 amide bonds. The van der Waals surface area contributed by atoms with Crippen molar-refractivity contribution in [2.24, 2.45) is 0 Å². The lowest BCUT2D eigenvalue weighted by Gasteiger charge is -2.14. The summed E-state index contributed by atoms with van der Waals surface area (Å²) >= 11 is 3.48. The van der Waals surface area contributed by atoms with E-state index in [0.717, 1.165) is 10.0 Å². The summed E-state index contributed by atoms with van der Waals surface area (Å²) in [5.74, 6) is 1.18. The third kappa shape index (κ3) is 4.21. The van der Waals surface area contributed by atoms with Gasteiger partial charge in [-0.05, 0) is 46.6 Å². The van der Waals surface area contributed by atoms with E-state index >= 15 is 0 Å². The van der Waals surface area contributed by atoms with Crippen LogP contribution in [-0.4, -0.2) is 13.7 Å². The van der Waals surface area contributed by atoms with E-state index in [1.165, 1.54) is 6.07 Å². The molecular weight excluding hydrogens is 349 g/mol. The van der Waals surface area contributed by atoms with E-state index in [4.69, 9.17) is 9.47 Å². The van der Waals surface area contributed by atoms with Gasteiger partial charge in [-0.3, -0.25) is 0 Å². The molecule has 2 rings (SSSR count). The first-order valence-electron chi connectivity index (χ1n) is 7.09. The standard InChI is InChI=1S/C17H19BrFNO2/c1-3-22-16-9-12(8-14(18)17(16)21-2)10-20-11-13-6-4-5-7-15(13)19/h4-9,20H,3,10-11H2,1-2H3. The third-order valence-corrected chi connectivity index (χ3v) is 3.76. The van der Waals surface area contributed by atoms with Gasteiger partial charge < -0.3 is 14.8 Å². The lowest BCUT2D eigenvalue weighted by atomic mass is 10.1. The van der Waals surface area contributed by atoms with Crippen LogP contribution in [0.25, 0.3) is 0 Å². The molecule has 2 aromatic rings. The maximum atomic E-state index is 13.6. The molecule has 0 atom stereocenters. The van der Waals surface area contributed by atoms with Crippen molar-refractivity contribution in [3.63, 3.8) is 0 Å². The number of methoxy groups -OCH3 is 1. The molecule has 0 aromatic heterocycles. The quantitative estimate of drug-likeness (QED) is 0.791. The van der Waals surface area contributed by atoms with Gasteiger partial charge in [-0.2, -0.15) is 0 Å². The summed E-state index contributed by atoms with van der Waals surface area (Å²) in [6.45, 7) is 3.57. The van der Waals surface area contributed by atoms with Crippen LogP contribution >= 0.6 is 15.9 Å². The minimum absolute atomic E-state index is 0.194. The van der Waals surface area contributed by atoms with E-state index in [9.17, 15) is 4.39 Å². The Labute approximate surface area is 138 Å². The molecule has 0 aliphatic carbocycles. The lowest BCUT2D eigenvalue weighted by Crippen LogP contribution is -2.14. The molecule has 0 spiro atoms. The van der Waals surface area contributed by atoms with Gasteiger partial charge in [0.1, 0.15) is 5.82 Å². The van der Waals surface area contributed by atoms with Gasteiger partial charge in [-0.15, -0.1) is 0 Å². The van der Waals surface area contributed by atoms with Gasteiger partial charge in [-0.25, -0.2) is 4.39 Å². The third-order valence-electron chi connectivity index (χ3n) is 3.18. The molecule has 0 radical (unpaired) electrons. The molecule has 2 aromatic carbocycles. The topological polar surface area (TPSA) is 30.5 Å². The molecule has 0 fully saturated rings. The van der Waals surface area contributed by atoms with Crippen molar-refractivity contribution in [3.05, 3.63) is 57.8 Å². The zero-order valence-corrected chi connectivity index (χ0v) is 14.2. The molecule has 5 heteroatoms. The van der Waals surface area contributed by atoms with Crippen LogP contribution in [-0.2, 0) is 13.1 Å². The Hall–Kier alpha value is -1.59. The van der Waals surface area contributed by atoms with Gasteiger partial charge >= 0.3 is 0 Å². The number of ether oxygens (including phenoxy) is 2. The van der Waals surface area contributed by atoms with Crippen molar-refractivity contribution in [2.75, 3.05) is 13.7 Å². The zero-order chi connectivity index (χ0) is 15.9. The first-order chi connectivity index (χ1) is 10.7. The van der Waals surface area contributed by atoms with Crippen molar-refractivity contribution < 1.29 is 13.9 Å². The molecule has 0 saturated heterocycles. The van der Waals surface area contributed by atoms with Crippen molar-refractivity contribution in [2.45, 2.75) is 20.0 Å². The Balaban J connectivity index is 2.05. The van der Waals surface area contributed by atoms with E-state index in [-0.39, 0.29) is 5.82 Å². The SMILES string of the molecule is CCOc1cc(CNCc2ccccc2F)cc(Br)c1OC. The Kier molecular flexibility index (Phi) is 6.21. The summed E-state index contributed by atoms with van der Waals surface area (Å²) < 4.78 is 25.3. The smallest absolute Gasteiger partial charge is 0.174 e. The van der Waals surface area contributed by atoms with Crippen LogP contribution in [0.2, 0.25) is 0 Å². The predicted octanol–water partition coefficient (Wildman–Crippen LogP) is 4.29. The molecule has 118 valence electrons. The summed E-state index contributed by atoms with van der Waals surface area (Å²) in [5, 5.41) is 3.24. The molecule has 1 N–H and O–H groups in total. The van der Waals surface area contributed by atoms with Gasteiger partial charge in [0.15, 0.2) is 11.5 Å². The fourth-order valence-corrected chi connectivity index (χ4v) is 2.82. The molecule has 0 saturated carbocycles. The second kappa shape index (κ2) is 8.15. The number of hydrogen-bond donors (Lipinski definition) is 1. The Morgan fingerprint density at radius 2 is 1.95 bits per heavy atom.